The standard InChI is InChI=1S/C6H7N.C4H8/c7-6-4-2-1-3-5-6;1-4-2-3-4/h1-5H,7H2;4H,2-3H2,1H3. The van der Waals surface area contributed by atoms with Gasteiger partial charge in [0.05, 0.1) is 0 Å². The number of hydrogen-bond donors (Lipinski definition) is 1. The molecule has 0 unspecified atom stereocenters. The van der Waals surface area contributed by atoms with E-state index in [4.69, 9.17) is 5.73 Å². The molecule has 0 radical (unpaired) electrons. The Kier molecular flexibility index (Phi) is 2.96. The monoisotopic (exact) mass is 149 g/mol. The zero-order chi connectivity index (χ0) is 8.10. The summed E-state index contributed by atoms with van der Waals surface area (Å²) in [6.07, 6.45) is 2.97. The predicted molar refractivity (Wildman–Crippen MR) is 49.3 cm³/mol. The maximum Gasteiger partial charge on any atom is 0.0313 e. The van der Waals surface area contributed by atoms with Crippen molar-refractivity contribution in [1.82, 2.24) is 0 Å². The molecule has 0 heterocycles. The number of para-hydroxylation sites is 1. The number of anilines is 1. The number of nitrogen functional groups attached to an aromatic ring is 1. The van der Waals surface area contributed by atoms with Crippen molar-refractivity contribution in [3.8, 4) is 0 Å². The quantitative estimate of drug-likeness (QED) is 0.564. The van der Waals surface area contributed by atoms with Gasteiger partial charge < -0.3 is 5.73 Å². The molecule has 1 aromatic rings. The molecule has 11 heavy (non-hydrogen) atoms. The first-order valence-corrected chi connectivity index (χ1v) is 4.09. The third-order valence-electron chi connectivity index (χ3n) is 1.67. The van der Waals surface area contributed by atoms with Crippen LogP contribution in [0, 0.1) is 5.92 Å². The summed E-state index contributed by atoms with van der Waals surface area (Å²) in [6.45, 7) is 2.28. The lowest BCUT2D eigenvalue weighted by atomic mass is 10.3. The Morgan fingerprint density at radius 2 is 1.64 bits per heavy atom. The third-order valence-corrected chi connectivity index (χ3v) is 1.67. The van der Waals surface area contributed by atoms with Gasteiger partial charge in [0, 0.05) is 5.69 Å². The van der Waals surface area contributed by atoms with Gasteiger partial charge in [0.1, 0.15) is 0 Å². The summed E-state index contributed by atoms with van der Waals surface area (Å²) < 4.78 is 0. The largest absolute Gasteiger partial charge is 0.399 e. The number of benzene rings is 1. The molecular weight excluding hydrogens is 134 g/mol. The molecule has 60 valence electrons. The molecule has 1 aliphatic carbocycles. The predicted octanol–water partition coefficient (Wildman–Crippen LogP) is 2.69. The lowest BCUT2D eigenvalue weighted by molar-refractivity contribution is 0.983. The minimum absolute atomic E-state index is 0.822. The van der Waals surface area contributed by atoms with Gasteiger partial charge in [0.15, 0.2) is 0 Å². The highest BCUT2D eigenvalue weighted by atomic mass is 14.5. The molecular formula is C10H15N. The summed E-state index contributed by atoms with van der Waals surface area (Å²) >= 11 is 0. The normalized spacial score (nSPS) is 15.0. The van der Waals surface area contributed by atoms with E-state index < -0.39 is 0 Å². The first-order chi connectivity index (χ1) is 5.29. The van der Waals surface area contributed by atoms with E-state index in [1.807, 2.05) is 30.3 Å². The van der Waals surface area contributed by atoms with Gasteiger partial charge in [-0.1, -0.05) is 38.0 Å². The zero-order valence-electron chi connectivity index (χ0n) is 6.96. The van der Waals surface area contributed by atoms with Crippen molar-refractivity contribution in [1.29, 1.82) is 0 Å². The van der Waals surface area contributed by atoms with Crippen LogP contribution >= 0.6 is 0 Å². The minimum Gasteiger partial charge on any atom is -0.399 e. The molecule has 1 fully saturated rings. The van der Waals surface area contributed by atoms with Gasteiger partial charge >= 0.3 is 0 Å². The molecule has 0 aromatic heterocycles. The Morgan fingerprint density at radius 3 is 1.82 bits per heavy atom. The second kappa shape index (κ2) is 4.02. The molecule has 2 N–H and O–H groups in total. The summed E-state index contributed by atoms with van der Waals surface area (Å²) in [6, 6.07) is 9.49. The first-order valence-electron chi connectivity index (χ1n) is 4.09. The highest BCUT2D eigenvalue weighted by Crippen LogP contribution is 2.26. The SMILES string of the molecule is CC1CC1.Nc1ccccc1. The van der Waals surface area contributed by atoms with E-state index in [1.165, 1.54) is 12.8 Å². The van der Waals surface area contributed by atoms with Crippen LogP contribution < -0.4 is 5.73 Å². The Bertz CT molecular complexity index is 189. The Labute approximate surface area is 68.2 Å². The van der Waals surface area contributed by atoms with Crippen LogP contribution in [0.15, 0.2) is 30.3 Å². The van der Waals surface area contributed by atoms with Crippen molar-refractivity contribution in [2.45, 2.75) is 19.8 Å². The molecule has 0 saturated heterocycles. The van der Waals surface area contributed by atoms with Crippen LogP contribution in [0.1, 0.15) is 19.8 Å². The summed E-state index contributed by atoms with van der Waals surface area (Å²) in [5, 5.41) is 0. The molecule has 1 aromatic carbocycles. The summed E-state index contributed by atoms with van der Waals surface area (Å²) in [5.41, 5.74) is 6.18. The van der Waals surface area contributed by atoms with E-state index in [0.29, 0.717) is 0 Å². The summed E-state index contributed by atoms with van der Waals surface area (Å²) in [7, 11) is 0. The summed E-state index contributed by atoms with van der Waals surface area (Å²) in [4.78, 5) is 0. The molecule has 1 saturated carbocycles. The van der Waals surface area contributed by atoms with Crippen LogP contribution in [-0.4, -0.2) is 0 Å². The van der Waals surface area contributed by atoms with Gasteiger partial charge in [-0.05, 0) is 18.1 Å². The van der Waals surface area contributed by atoms with Gasteiger partial charge in [0.2, 0.25) is 0 Å². The third kappa shape index (κ3) is 4.43. The topological polar surface area (TPSA) is 26.0 Å². The molecule has 0 spiro atoms. The van der Waals surface area contributed by atoms with Crippen molar-refractivity contribution in [3.63, 3.8) is 0 Å². The Morgan fingerprint density at radius 1 is 1.18 bits per heavy atom. The van der Waals surface area contributed by atoms with Gasteiger partial charge in [-0.15, -0.1) is 0 Å². The van der Waals surface area contributed by atoms with Crippen LogP contribution in [0.5, 0.6) is 0 Å². The number of hydrogen-bond acceptors (Lipinski definition) is 1. The van der Waals surface area contributed by atoms with Gasteiger partial charge in [-0.3, -0.25) is 0 Å². The van der Waals surface area contributed by atoms with Gasteiger partial charge in [0.25, 0.3) is 0 Å². The average molecular weight is 149 g/mol. The van der Waals surface area contributed by atoms with Crippen molar-refractivity contribution < 1.29 is 0 Å². The van der Waals surface area contributed by atoms with Crippen molar-refractivity contribution in [3.05, 3.63) is 30.3 Å². The lowest BCUT2D eigenvalue weighted by Gasteiger charge is -1.83. The number of rotatable bonds is 0. The fourth-order valence-corrected chi connectivity index (χ4v) is 0.620. The molecule has 1 nitrogen and oxygen atoms in total. The molecule has 1 heteroatoms. The highest BCUT2D eigenvalue weighted by molar-refractivity contribution is 5.35. The molecule has 0 aliphatic heterocycles. The van der Waals surface area contributed by atoms with Crippen molar-refractivity contribution >= 4 is 5.69 Å². The van der Waals surface area contributed by atoms with E-state index in [9.17, 15) is 0 Å². The van der Waals surface area contributed by atoms with Gasteiger partial charge in [-0.25, -0.2) is 0 Å². The highest BCUT2D eigenvalue weighted by Gasteiger charge is 2.12. The van der Waals surface area contributed by atoms with Crippen molar-refractivity contribution in [2.24, 2.45) is 5.92 Å². The fraction of sp³-hybridized carbons (Fsp3) is 0.400. The van der Waals surface area contributed by atoms with Crippen LogP contribution in [-0.2, 0) is 0 Å². The Balaban J connectivity index is 0.000000128. The van der Waals surface area contributed by atoms with E-state index in [0.717, 1.165) is 11.6 Å². The fourth-order valence-electron chi connectivity index (χ4n) is 0.620. The van der Waals surface area contributed by atoms with E-state index in [2.05, 4.69) is 6.92 Å². The van der Waals surface area contributed by atoms with E-state index in [1.54, 1.807) is 0 Å². The first kappa shape index (κ1) is 8.12. The smallest absolute Gasteiger partial charge is 0.0313 e. The van der Waals surface area contributed by atoms with Crippen LogP contribution in [0.2, 0.25) is 0 Å². The molecule has 0 bridgehead atoms. The van der Waals surface area contributed by atoms with Crippen LogP contribution in [0.3, 0.4) is 0 Å². The maximum atomic E-state index is 5.36. The average Bonchev–Trinajstić information content (AvgIpc) is 2.75. The molecule has 0 atom stereocenters. The summed E-state index contributed by atoms with van der Waals surface area (Å²) in [5.74, 6) is 1.08. The van der Waals surface area contributed by atoms with Crippen LogP contribution in [0.4, 0.5) is 5.69 Å². The Hall–Kier alpha value is -0.980. The molecule has 1 aliphatic rings. The van der Waals surface area contributed by atoms with Crippen molar-refractivity contribution in [2.75, 3.05) is 5.73 Å². The molecule has 2 rings (SSSR count). The van der Waals surface area contributed by atoms with E-state index in [-0.39, 0.29) is 0 Å². The zero-order valence-corrected chi connectivity index (χ0v) is 6.96. The minimum atomic E-state index is 0.822. The molecule has 0 amide bonds. The maximum absolute atomic E-state index is 5.36. The van der Waals surface area contributed by atoms with E-state index >= 15 is 0 Å². The second-order valence-corrected chi connectivity index (χ2v) is 3.09. The lowest BCUT2D eigenvalue weighted by Crippen LogP contribution is -1.79. The number of nitrogens with two attached hydrogens (primary N) is 1. The van der Waals surface area contributed by atoms with Gasteiger partial charge in [-0.2, -0.15) is 0 Å². The second-order valence-electron chi connectivity index (χ2n) is 3.09. The van der Waals surface area contributed by atoms with Crippen LogP contribution in [0.25, 0.3) is 0 Å².